The summed E-state index contributed by atoms with van der Waals surface area (Å²) < 4.78 is 6.83. The van der Waals surface area contributed by atoms with Crippen molar-refractivity contribution < 1.29 is 4.74 Å². The van der Waals surface area contributed by atoms with Crippen LogP contribution in [0.4, 0.5) is 17.1 Å². The van der Waals surface area contributed by atoms with Gasteiger partial charge >= 0.3 is 0 Å². The van der Waals surface area contributed by atoms with Crippen LogP contribution in [0.3, 0.4) is 0 Å². The van der Waals surface area contributed by atoms with Crippen molar-refractivity contribution in [2.45, 2.75) is 5.41 Å². The maximum absolute atomic E-state index is 6.83. The second-order valence-electron chi connectivity index (χ2n) is 16.7. The van der Waals surface area contributed by atoms with Gasteiger partial charge in [0.25, 0.3) is 0 Å². The molecule has 64 heavy (non-hydrogen) atoms. The van der Waals surface area contributed by atoms with Gasteiger partial charge in [-0.1, -0.05) is 212 Å². The first-order valence-electron chi connectivity index (χ1n) is 22.1. The smallest absolute Gasteiger partial charge is 0.180 e. The topological polar surface area (TPSA) is 12.5 Å². The Labute approximate surface area is 376 Å². The highest BCUT2D eigenvalue weighted by Gasteiger charge is 2.57. The fraction of sp³-hybridized carbons (Fsp3) is 0.0164. The molecule has 12 rings (SSSR count). The molecule has 0 N–H and O–H groups in total. The molecule has 0 bridgehead atoms. The van der Waals surface area contributed by atoms with Crippen LogP contribution >= 0.6 is 0 Å². The third-order valence-corrected chi connectivity index (χ3v) is 18.3. The van der Waals surface area contributed by atoms with Crippen molar-refractivity contribution in [2.24, 2.45) is 0 Å². The third-order valence-electron chi connectivity index (χ3n) is 13.5. The van der Waals surface area contributed by atoms with E-state index in [0.717, 1.165) is 39.7 Å². The molecule has 0 radical (unpaired) electrons. The molecule has 0 atom stereocenters. The van der Waals surface area contributed by atoms with Gasteiger partial charge in [0.2, 0.25) is 0 Å². The Morgan fingerprint density at radius 1 is 0.312 bits per heavy atom. The summed E-state index contributed by atoms with van der Waals surface area (Å²) in [6.07, 6.45) is 0. The summed E-state index contributed by atoms with van der Waals surface area (Å²) in [6.45, 7) is 0. The number of benzene rings is 10. The maximum Gasteiger partial charge on any atom is 0.180 e. The van der Waals surface area contributed by atoms with Gasteiger partial charge in [0.15, 0.2) is 8.07 Å². The summed E-state index contributed by atoms with van der Waals surface area (Å²) in [5.41, 5.74) is 12.3. The SMILES string of the molecule is c1ccc(-c2ccc(N(c3ccccc3)c3ccc4c(c3)[Si](c3ccccc3)(c3ccccc3)c3ccccc3C43c4ccccc4Oc4ccccc43)cc2-c2ccccc2)cc1. The molecule has 0 aliphatic carbocycles. The van der Waals surface area contributed by atoms with Gasteiger partial charge in [0, 0.05) is 28.2 Å². The number of hydrogen-bond acceptors (Lipinski definition) is 2. The number of para-hydroxylation sites is 3. The minimum atomic E-state index is -3.09. The van der Waals surface area contributed by atoms with Crippen LogP contribution in [0, 0.1) is 0 Å². The van der Waals surface area contributed by atoms with Crippen LogP contribution in [-0.2, 0) is 5.41 Å². The Hall–Kier alpha value is -7.98. The van der Waals surface area contributed by atoms with Gasteiger partial charge < -0.3 is 9.64 Å². The van der Waals surface area contributed by atoms with Gasteiger partial charge in [-0.25, -0.2) is 0 Å². The second-order valence-corrected chi connectivity index (χ2v) is 20.5. The minimum Gasteiger partial charge on any atom is -0.457 e. The minimum absolute atomic E-state index is 0.661. The van der Waals surface area contributed by atoms with Crippen LogP contribution in [-0.4, -0.2) is 8.07 Å². The lowest BCUT2D eigenvalue weighted by molar-refractivity contribution is 0.435. The van der Waals surface area contributed by atoms with Crippen LogP contribution in [0.15, 0.2) is 261 Å². The number of hydrogen-bond donors (Lipinski definition) is 0. The average Bonchev–Trinajstić information content (AvgIpc) is 3.38. The zero-order valence-corrected chi connectivity index (χ0v) is 36.2. The molecule has 2 aliphatic rings. The Morgan fingerprint density at radius 3 is 1.34 bits per heavy atom. The van der Waals surface area contributed by atoms with Gasteiger partial charge in [-0.3, -0.25) is 0 Å². The molecule has 0 amide bonds. The zero-order chi connectivity index (χ0) is 42.5. The largest absolute Gasteiger partial charge is 0.457 e. The van der Waals surface area contributed by atoms with E-state index in [4.69, 9.17) is 4.74 Å². The van der Waals surface area contributed by atoms with E-state index in [0.29, 0.717) is 0 Å². The normalized spacial score (nSPS) is 13.7. The lowest BCUT2D eigenvalue weighted by atomic mass is 9.63. The number of fused-ring (bicyclic) bond motifs is 8. The first-order valence-corrected chi connectivity index (χ1v) is 24.1. The molecular weight excluding hydrogens is 791 g/mol. The maximum atomic E-state index is 6.83. The summed E-state index contributed by atoms with van der Waals surface area (Å²) >= 11 is 0. The number of nitrogens with zero attached hydrogens (tertiary/aromatic N) is 1. The highest BCUT2D eigenvalue weighted by atomic mass is 28.3. The van der Waals surface area contributed by atoms with Crippen molar-refractivity contribution >= 4 is 45.9 Å². The van der Waals surface area contributed by atoms with Crippen LogP contribution in [0.1, 0.15) is 22.3 Å². The van der Waals surface area contributed by atoms with Crippen LogP contribution in [0.2, 0.25) is 0 Å². The van der Waals surface area contributed by atoms with Crippen LogP contribution < -0.4 is 30.4 Å². The fourth-order valence-electron chi connectivity index (χ4n) is 10.9. The molecule has 0 aromatic heterocycles. The van der Waals surface area contributed by atoms with Gasteiger partial charge in [-0.15, -0.1) is 0 Å². The van der Waals surface area contributed by atoms with Gasteiger partial charge in [0.1, 0.15) is 11.5 Å². The van der Waals surface area contributed by atoms with Crippen molar-refractivity contribution in [1.29, 1.82) is 0 Å². The Balaban J connectivity index is 1.21. The summed E-state index contributed by atoms with van der Waals surface area (Å²) in [5.74, 6) is 1.77. The van der Waals surface area contributed by atoms with Gasteiger partial charge in [-0.2, -0.15) is 0 Å². The molecule has 302 valence electrons. The second kappa shape index (κ2) is 15.4. The lowest BCUT2D eigenvalue weighted by Crippen LogP contribution is -2.79. The van der Waals surface area contributed by atoms with E-state index in [1.54, 1.807) is 0 Å². The monoisotopic (exact) mass is 833 g/mol. The third kappa shape index (κ3) is 5.71. The van der Waals surface area contributed by atoms with E-state index in [2.05, 4.69) is 266 Å². The summed E-state index contributed by atoms with van der Waals surface area (Å²) in [6, 6.07) is 96.1. The lowest BCUT2D eigenvalue weighted by Gasteiger charge is -2.51. The van der Waals surface area contributed by atoms with Gasteiger partial charge in [-0.05, 0) is 103 Å². The van der Waals surface area contributed by atoms with Crippen molar-refractivity contribution in [3.8, 4) is 33.8 Å². The first kappa shape index (κ1) is 37.8. The molecule has 10 aromatic rings. The summed E-state index contributed by atoms with van der Waals surface area (Å²) in [5, 5.41) is 5.44. The number of anilines is 3. The van der Waals surface area contributed by atoms with Crippen molar-refractivity contribution in [3.63, 3.8) is 0 Å². The molecule has 0 saturated heterocycles. The predicted molar refractivity (Wildman–Crippen MR) is 268 cm³/mol. The number of ether oxygens (including phenoxy) is 1. The quantitative estimate of drug-likeness (QED) is 0.148. The van der Waals surface area contributed by atoms with Gasteiger partial charge in [0.05, 0.1) is 5.41 Å². The van der Waals surface area contributed by atoms with E-state index >= 15 is 0 Å². The molecule has 10 aromatic carbocycles. The molecule has 3 heteroatoms. The molecule has 0 fully saturated rings. The molecule has 2 nitrogen and oxygen atoms in total. The number of rotatable bonds is 7. The van der Waals surface area contributed by atoms with E-state index in [-0.39, 0.29) is 0 Å². The van der Waals surface area contributed by atoms with Crippen LogP contribution in [0.25, 0.3) is 22.3 Å². The Bertz CT molecular complexity index is 3210. The van der Waals surface area contributed by atoms with E-state index in [1.165, 1.54) is 54.1 Å². The van der Waals surface area contributed by atoms with E-state index < -0.39 is 13.5 Å². The van der Waals surface area contributed by atoms with Crippen molar-refractivity contribution in [1.82, 2.24) is 0 Å². The first-order chi connectivity index (χ1) is 31.8. The Kier molecular flexibility index (Phi) is 9.10. The van der Waals surface area contributed by atoms with Crippen LogP contribution in [0.5, 0.6) is 11.5 Å². The van der Waals surface area contributed by atoms with Crippen molar-refractivity contribution in [3.05, 3.63) is 283 Å². The highest BCUT2D eigenvalue weighted by molar-refractivity contribution is 7.20. The Morgan fingerprint density at radius 2 is 0.750 bits per heavy atom. The fourth-order valence-corrected chi connectivity index (χ4v) is 16.2. The summed E-state index contributed by atoms with van der Waals surface area (Å²) in [7, 11) is -3.09. The predicted octanol–water partition coefficient (Wildman–Crippen LogP) is 12.7. The molecule has 1 spiro atoms. The summed E-state index contributed by atoms with van der Waals surface area (Å²) in [4.78, 5) is 2.45. The average molecular weight is 834 g/mol. The zero-order valence-electron chi connectivity index (χ0n) is 35.2. The molecule has 0 saturated carbocycles. The molecule has 2 heterocycles. The highest BCUT2D eigenvalue weighted by Crippen LogP contribution is 2.56. The molecule has 0 unspecified atom stereocenters. The molecular formula is C61H43NOSi. The van der Waals surface area contributed by atoms with E-state index in [1.807, 2.05) is 0 Å². The molecule has 2 aliphatic heterocycles. The van der Waals surface area contributed by atoms with Crippen molar-refractivity contribution in [2.75, 3.05) is 4.90 Å². The standard InChI is InChI=1S/C61H43NOSi/c1-6-22-44(23-7-1)51-40-38-47(42-52(51)45-24-8-2-9-25-45)62(46-26-10-3-11-27-46)48-39-41-56-60(43-48)64(49-28-12-4-13-29-49,50-30-14-5-15-31-50)59-37-21-18-34-55(59)61(56)53-32-16-19-35-57(53)63-58-36-20-17-33-54(58)61/h1-43H. The van der Waals surface area contributed by atoms with E-state index in [9.17, 15) is 0 Å².